The maximum absolute atomic E-state index is 12.2. The van der Waals surface area contributed by atoms with Gasteiger partial charge in [0.2, 0.25) is 5.16 Å². The lowest BCUT2D eigenvalue weighted by atomic mass is 9.88. The average molecular weight is 359 g/mol. The molecule has 5 nitrogen and oxygen atoms in total. The molecule has 0 N–H and O–H groups in total. The Balaban J connectivity index is 1.60. The highest BCUT2D eigenvalue weighted by Crippen LogP contribution is 2.26. The van der Waals surface area contributed by atoms with Crippen molar-refractivity contribution in [3.05, 3.63) is 52.3 Å². The van der Waals surface area contributed by atoms with Crippen LogP contribution in [0.4, 0.5) is 0 Å². The number of benzene rings is 1. The minimum Gasteiger partial charge on any atom is -0.294 e. The van der Waals surface area contributed by atoms with Crippen molar-refractivity contribution in [2.75, 3.05) is 0 Å². The first-order chi connectivity index (χ1) is 11.6. The molecule has 3 aromatic rings. The summed E-state index contributed by atoms with van der Waals surface area (Å²) in [6.07, 6.45) is 3.16. The van der Waals surface area contributed by atoms with Gasteiger partial charge in [-0.15, -0.1) is 5.10 Å². The smallest absolute Gasteiger partial charge is 0.253 e. The lowest BCUT2D eigenvalue weighted by Crippen LogP contribution is -2.20. The van der Waals surface area contributed by atoms with E-state index in [1.807, 2.05) is 24.3 Å². The van der Waals surface area contributed by atoms with E-state index in [4.69, 9.17) is 11.6 Å². The van der Waals surface area contributed by atoms with Crippen molar-refractivity contribution in [2.45, 2.75) is 30.7 Å². The monoisotopic (exact) mass is 358 g/mol. The molecule has 0 saturated carbocycles. The normalized spacial score (nSPS) is 17.2. The highest BCUT2D eigenvalue weighted by Gasteiger charge is 2.25. The second-order valence-corrected chi connectivity index (χ2v) is 7.47. The molecule has 0 radical (unpaired) electrons. The molecular weight excluding hydrogens is 344 g/mol. The van der Waals surface area contributed by atoms with Crippen molar-refractivity contribution in [2.24, 2.45) is 5.92 Å². The van der Waals surface area contributed by atoms with E-state index in [2.05, 4.69) is 22.0 Å². The van der Waals surface area contributed by atoms with Crippen molar-refractivity contribution in [1.82, 2.24) is 19.6 Å². The Labute approximate surface area is 148 Å². The van der Waals surface area contributed by atoms with Crippen LogP contribution in [-0.4, -0.2) is 25.4 Å². The van der Waals surface area contributed by atoms with E-state index < -0.39 is 0 Å². The van der Waals surface area contributed by atoms with Gasteiger partial charge in [0.1, 0.15) is 0 Å². The quantitative estimate of drug-likeness (QED) is 0.666. The molecule has 0 spiro atoms. The largest absolute Gasteiger partial charge is 0.294 e. The third-order valence-electron chi connectivity index (χ3n) is 4.02. The lowest BCUT2D eigenvalue weighted by Gasteiger charge is -2.18. The van der Waals surface area contributed by atoms with Crippen molar-refractivity contribution in [3.63, 3.8) is 0 Å². The van der Waals surface area contributed by atoms with Gasteiger partial charge in [0, 0.05) is 23.4 Å². The lowest BCUT2D eigenvalue weighted by molar-refractivity contribution is 0.0951. The topological polar surface area (TPSA) is 60.2 Å². The zero-order valence-corrected chi connectivity index (χ0v) is 14.6. The molecule has 0 fully saturated rings. The number of hydrogen-bond acceptors (Lipinski definition) is 5. The first-order valence-corrected chi connectivity index (χ1v) is 9.11. The molecule has 0 aliphatic heterocycles. The molecule has 1 atom stereocenters. The van der Waals surface area contributed by atoms with Crippen molar-refractivity contribution < 1.29 is 4.79 Å². The van der Waals surface area contributed by atoms with Crippen LogP contribution in [0, 0.1) is 5.92 Å². The highest BCUT2D eigenvalue weighted by atomic mass is 35.5. The van der Waals surface area contributed by atoms with Crippen LogP contribution in [0.2, 0.25) is 5.02 Å². The molecular formula is C17H15ClN4OS. The second-order valence-electron chi connectivity index (χ2n) is 6.10. The number of aromatic nitrogens is 4. The summed E-state index contributed by atoms with van der Waals surface area (Å²) in [6.45, 7) is 2.07. The fraction of sp³-hybridized carbons (Fsp3) is 0.294. The molecule has 2 heterocycles. The predicted molar refractivity (Wildman–Crippen MR) is 93.6 cm³/mol. The van der Waals surface area contributed by atoms with Gasteiger partial charge in [-0.1, -0.05) is 42.4 Å². The van der Waals surface area contributed by atoms with Gasteiger partial charge in [-0.05, 0) is 30.0 Å². The summed E-state index contributed by atoms with van der Waals surface area (Å²) in [6, 6.07) is 7.73. The zero-order chi connectivity index (χ0) is 16.7. The summed E-state index contributed by atoms with van der Waals surface area (Å²) in [7, 11) is 0. The van der Waals surface area contributed by atoms with E-state index in [0.717, 1.165) is 28.5 Å². The van der Waals surface area contributed by atoms with Crippen molar-refractivity contribution in [1.29, 1.82) is 0 Å². The molecule has 0 bridgehead atoms. The first kappa shape index (κ1) is 15.6. The number of carbonyl (C=O) groups excluding carboxylic acids is 1. The molecule has 24 heavy (non-hydrogen) atoms. The molecule has 0 saturated heterocycles. The second kappa shape index (κ2) is 6.18. The fourth-order valence-corrected chi connectivity index (χ4v) is 3.87. The number of nitrogens with zero attached hydrogens (tertiary/aromatic N) is 4. The summed E-state index contributed by atoms with van der Waals surface area (Å²) < 4.78 is 1.60. The third-order valence-corrected chi connectivity index (χ3v) is 5.17. The van der Waals surface area contributed by atoms with Gasteiger partial charge in [0.25, 0.3) is 5.78 Å². The average Bonchev–Trinajstić information content (AvgIpc) is 2.93. The molecule has 1 aliphatic carbocycles. The van der Waals surface area contributed by atoms with Crippen LogP contribution in [0.25, 0.3) is 5.78 Å². The van der Waals surface area contributed by atoms with Gasteiger partial charge in [-0.2, -0.15) is 4.98 Å². The SMILES string of the molecule is C[C@H]1CC(=O)c2cn3nc(SCc4cccc(Cl)c4)nc3nc2C1. The molecule has 1 aromatic carbocycles. The van der Waals surface area contributed by atoms with Crippen LogP contribution in [-0.2, 0) is 12.2 Å². The number of carbonyl (C=O) groups is 1. The summed E-state index contributed by atoms with van der Waals surface area (Å²) in [5.74, 6) is 1.75. The summed E-state index contributed by atoms with van der Waals surface area (Å²) in [5.41, 5.74) is 2.63. The standard InChI is InChI=1S/C17H15ClN4OS/c1-10-5-14-13(15(23)6-10)8-22-16(19-14)20-17(21-22)24-9-11-3-2-4-12(18)7-11/h2-4,7-8,10H,5-6,9H2,1H3/t10-/m1/s1. The number of hydrogen-bond donors (Lipinski definition) is 0. The maximum atomic E-state index is 12.2. The van der Waals surface area contributed by atoms with E-state index >= 15 is 0 Å². The van der Waals surface area contributed by atoms with Gasteiger partial charge in [-0.25, -0.2) is 9.50 Å². The molecule has 2 aromatic heterocycles. The molecule has 122 valence electrons. The van der Waals surface area contributed by atoms with Crippen LogP contribution in [0.15, 0.2) is 35.6 Å². The summed E-state index contributed by atoms with van der Waals surface area (Å²) >= 11 is 7.53. The van der Waals surface area contributed by atoms with Gasteiger partial charge in [0.05, 0.1) is 11.3 Å². The van der Waals surface area contributed by atoms with Crippen LogP contribution in [0.5, 0.6) is 0 Å². The Morgan fingerprint density at radius 3 is 3.04 bits per heavy atom. The Bertz CT molecular complexity index is 939. The molecule has 4 rings (SSSR count). The number of rotatable bonds is 3. The molecule has 1 aliphatic rings. The molecule has 0 amide bonds. The zero-order valence-electron chi connectivity index (χ0n) is 13.1. The van der Waals surface area contributed by atoms with Gasteiger partial charge >= 0.3 is 0 Å². The third kappa shape index (κ3) is 3.03. The number of Topliss-reactive ketones (excluding diaryl/α,β-unsaturated/α-hetero) is 1. The number of ketones is 1. The van der Waals surface area contributed by atoms with E-state index in [1.165, 1.54) is 11.8 Å². The Kier molecular flexibility index (Phi) is 4.02. The Hall–Kier alpha value is -1.92. The van der Waals surface area contributed by atoms with Crippen LogP contribution < -0.4 is 0 Å². The Morgan fingerprint density at radius 1 is 1.33 bits per heavy atom. The first-order valence-electron chi connectivity index (χ1n) is 7.75. The van der Waals surface area contributed by atoms with Crippen LogP contribution in [0.1, 0.15) is 35.0 Å². The van der Waals surface area contributed by atoms with Crippen molar-refractivity contribution >= 4 is 34.9 Å². The van der Waals surface area contributed by atoms with E-state index in [9.17, 15) is 4.79 Å². The van der Waals surface area contributed by atoms with E-state index in [-0.39, 0.29) is 5.78 Å². The predicted octanol–water partition coefficient (Wildman–Crippen LogP) is 3.84. The van der Waals surface area contributed by atoms with E-state index in [1.54, 1.807) is 10.7 Å². The van der Waals surface area contributed by atoms with Gasteiger partial charge in [0.15, 0.2) is 5.78 Å². The number of fused-ring (bicyclic) bond motifs is 2. The number of halogens is 1. The van der Waals surface area contributed by atoms with Crippen LogP contribution in [0.3, 0.4) is 0 Å². The Morgan fingerprint density at radius 2 is 2.21 bits per heavy atom. The molecule has 0 unspecified atom stereocenters. The number of thioether (sulfide) groups is 1. The highest BCUT2D eigenvalue weighted by molar-refractivity contribution is 7.98. The fourth-order valence-electron chi connectivity index (χ4n) is 2.89. The minimum atomic E-state index is 0.141. The molecule has 7 heteroatoms. The summed E-state index contributed by atoms with van der Waals surface area (Å²) in [5, 5.41) is 5.80. The maximum Gasteiger partial charge on any atom is 0.253 e. The van der Waals surface area contributed by atoms with Gasteiger partial charge < -0.3 is 0 Å². The minimum absolute atomic E-state index is 0.141. The van der Waals surface area contributed by atoms with E-state index in [0.29, 0.717) is 28.8 Å². The van der Waals surface area contributed by atoms with Gasteiger partial charge in [-0.3, -0.25) is 4.79 Å². The van der Waals surface area contributed by atoms with Crippen molar-refractivity contribution in [3.8, 4) is 0 Å². The van der Waals surface area contributed by atoms with Crippen LogP contribution >= 0.6 is 23.4 Å². The summed E-state index contributed by atoms with van der Waals surface area (Å²) in [4.78, 5) is 21.2.